The standard InChI is InChI=1S/C24H14N4/c1-2-6-15-14(5-1)13-18-16(15)9-10-20-21(18)27-24-17-7-3-11-25-22(17)23-19(28(20)24)8-4-12-26-23/h1-12H,13H2. The average Bonchev–Trinajstić information content (AvgIpc) is 3.33. The van der Waals surface area contributed by atoms with Crippen LogP contribution in [-0.2, 0) is 6.42 Å². The van der Waals surface area contributed by atoms with Gasteiger partial charge in [0.1, 0.15) is 16.7 Å². The van der Waals surface area contributed by atoms with Crippen LogP contribution < -0.4 is 0 Å². The quantitative estimate of drug-likeness (QED) is 0.352. The molecule has 0 fully saturated rings. The minimum absolute atomic E-state index is 0.904. The first-order valence-corrected chi connectivity index (χ1v) is 9.44. The fraction of sp³-hybridized carbons (Fsp3) is 0.0417. The molecule has 7 rings (SSSR count). The maximum absolute atomic E-state index is 5.14. The number of imidazole rings is 1. The SMILES string of the molecule is c1ccc2c(c1)Cc1c-2ccc2c1nc1c3cccnc3c3ncccc3n21. The predicted octanol–water partition coefficient (Wildman–Crippen LogP) is 5.16. The van der Waals surface area contributed by atoms with Gasteiger partial charge in [-0.1, -0.05) is 30.3 Å². The number of nitrogens with zero attached hydrogens (tertiary/aromatic N) is 4. The van der Waals surface area contributed by atoms with Gasteiger partial charge in [-0.25, -0.2) is 4.98 Å². The fourth-order valence-electron chi connectivity index (χ4n) is 4.72. The highest BCUT2D eigenvalue weighted by Gasteiger charge is 2.23. The van der Waals surface area contributed by atoms with Gasteiger partial charge in [0.2, 0.25) is 0 Å². The summed E-state index contributed by atoms with van der Waals surface area (Å²) in [7, 11) is 0. The first-order chi connectivity index (χ1) is 13.9. The molecule has 0 saturated carbocycles. The lowest BCUT2D eigenvalue weighted by atomic mass is 10.1. The molecule has 28 heavy (non-hydrogen) atoms. The van der Waals surface area contributed by atoms with E-state index < -0.39 is 0 Å². The van der Waals surface area contributed by atoms with Crippen molar-refractivity contribution in [3.8, 4) is 11.1 Å². The van der Waals surface area contributed by atoms with Crippen molar-refractivity contribution in [2.45, 2.75) is 6.42 Å². The van der Waals surface area contributed by atoms with Gasteiger partial charge in [-0.15, -0.1) is 0 Å². The van der Waals surface area contributed by atoms with Crippen molar-refractivity contribution in [1.29, 1.82) is 0 Å². The molecule has 1 aliphatic rings. The number of benzene rings is 2. The van der Waals surface area contributed by atoms with Gasteiger partial charge in [0, 0.05) is 24.2 Å². The van der Waals surface area contributed by atoms with Crippen molar-refractivity contribution in [2.75, 3.05) is 0 Å². The number of aromatic nitrogens is 4. The van der Waals surface area contributed by atoms with Crippen molar-refractivity contribution in [3.63, 3.8) is 0 Å². The molecular weight excluding hydrogens is 344 g/mol. The van der Waals surface area contributed by atoms with E-state index in [1.54, 1.807) is 0 Å². The van der Waals surface area contributed by atoms with Gasteiger partial charge in [0.25, 0.3) is 0 Å². The van der Waals surface area contributed by atoms with Gasteiger partial charge in [-0.05, 0) is 52.6 Å². The molecule has 0 N–H and O–H groups in total. The molecule has 2 aromatic carbocycles. The van der Waals surface area contributed by atoms with Crippen molar-refractivity contribution in [2.24, 2.45) is 0 Å². The van der Waals surface area contributed by atoms with E-state index in [2.05, 4.69) is 62.9 Å². The Kier molecular flexibility index (Phi) is 2.51. The number of hydrogen-bond acceptors (Lipinski definition) is 3. The van der Waals surface area contributed by atoms with E-state index >= 15 is 0 Å². The Balaban J connectivity index is 1.72. The summed E-state index contributed by atoms with van der Waals surface area (Å²) < 4.78 is 2.24. The summed E-state index contributed by atoms with van der Waals surface area (Å²) in [4.78, 5) is 14.4. The molecular formula is C24H14N4. The Morgan fingerprint density at radius 3 is 2.46 bits per heavy atom. The van der Waals surface area contributed by atoms with Gasteiger partial charge in [0.05, 0.1) is 16.6 Å². The zero-order valence-electron chi connectivity index (χ0n) is 14.9. The summed E-state index contributed by atoms with van der Waals surface area (Å²) in [5.41, 5.74) is 11.3. The van der Waals surface area contributed by atoms with E-state index in [0.717, 1.165) is 45.0 Å². The summed E-state index contributed by atoms with van der Waals surface area (Å²) in [5, 5.41) is 1.04. The summed E-state index contributed by atoms with van der Waals surface area (Å²) in [6, 6.07) is 21.2. The highest BCUT2D eigenvalue weighted by Crippen LogP contribution is 2.41. The van der Waals surface area contributed by atoms with E-state index in [0.29, 0.717) is 0 Å². The number of pyridine rings is 3. The number of hydrogen-bond donors (Lipinski definition) is 0. The smallest absolute Gasteiger partial charge is 0.148 e. The third kappa shape index (κ3) is 1.63. The summed E-state index contributed by atoms with van der Waals surface area (Å²) >= 11 is 0. The van der Waals surface area contributed by atoms with E-state index in [1.165, 1.54) is 22.3 Å². The lowest BCUT2D eigenvalue weighted by molar-refractivity contribution is 1.27. The highest BCUT2D eigenvalue weighted by molar-refractivity contribution is 6.11. The zero-order chi connectivity index (χ0) is 18.2. The Morgan fingerprint density at radius 2 is 1.50 bits per heavy atom. The topological polar surface area (TPSA) is 43.1 Å². The van der Waals surface area contributed by atoms with Crippen LogP contribution >= 0.6 is 0 Å². The summed E-state index contributed by atoms with van der Waals surface area (Å²) in [6.07, 6.45) is 4.58. The van der Waals surface area contributed by atoms with Crippen LogP contribution in [0.4, 0.5) is 0 Å². The second-order valence-corrected chi connectivity index (χ2v) is 7.33. The van der Waals surface area contributed by atoms with E-state index in [1.807, 2.05) is 24.5 Å². The minimum atomic E-state index is 0.904. The van der Waals surface area contributed by atoms with Gasteiger partial charge >= 0.3 is 0 Å². The van der Waals surface area contributed by atoms with Crippen molar-refractivity contribution in [1.82, 2.24) is 19.4 Å². The molecule has 4 heterocycles. The molecule has 0 bridgehead atoms. The third-order valence-electron chi connectivity index (χ3n) is 5.91. The lowest BCUT2D eigenvalue weighted by Gasteiger charge is -2.07. The van der Waals surface area contributed by atoms with Crippen LogP contribution in [0.5, 0.6) is 0 Å². The number of rotatable bonds is 0. The predicted molar refractivity (Wildman–Crippen MR) is 112 cm³/mol. The van der Waals surface area contributed by atoms with E-state index in [-0.39, 0.29) is 0 Å². The van der Waals surface area contributed by atoms with E-state index in [9.17, 15) is 0 Å². The molecule has 0 amide bonds. The molecule has 130 valence electrons. The molecule has 1 aliphatic carbocycles. The van der Waals surface area contributed by atoms with Crippen LogP contribution in [-0.4, -0.2) is 19.4 Å². The van der Waals surface area contributed by atoms with Crippen LogP contribution in [0.1, 0.15) is 11.1 Å². The van der Waals surface area contributed by atoms with Crippen molar-refractivity contribution in [3.05, 3.63) is 84.2 Å². The molecule has 0 aliphatic heterocycles. The van der Waals surface area contributed by atoms with E-state index in [4.69, 9.17) is 4.98 Å². The maximum atomic E-state index is 5.14. The molecule has 6 aromatic rings. The Labute approximate surface area is 160 Å². The van der Waals surface area contributed by atoms with Crippen molar-refractivity contribution < 1.29 is 0 Å². The molecule has 0 unspecified atom stereocenters. The minimum Gasteiger partial charge on any atom is -0.290 e. The largest absolute Gasteiger partial charge is 0.290 e. The maximum Gasteiger partial charge on any atom is 0.148 e. The van der Waals surface area contributed by atoms with Crippen molar-refractivity contribution >= 4 is 38.6 Å². The van der Waals surface area contributed by atoms with Crippen LogP contribution in [0.15, 0.2) is 73.1 Å². The zero-order valence-corrected chi connectivity index (χ0v) is 14.9. The van der Waals surface area contributed by atoms with Crippen LogP contribution in [0.3, 0.4) is 0 Å². The van der Waals surface area contributed by atoms with Gasteiger partial charge < -0.3 is 0 Å². The second kappa shape index (κ2) is 4.93. The van der Waals surface area contributed by atoms with Crippen LogP contribution in [0, 0.1) is 0 Å². The first kappa shape index (κ1) is 14.3. The second-order valence-electron chi connectivity index (χ2n) is 7.33. The monoisotopic (exact) mass is 358 g/mol. The van der Waals surface area contributed by atoms with Crippen LogP contribution in [0.2, 0.25) is 0 Å². The lowest BCUT2D eigenvalue weighted by Crippen LogP contribution is -1.94. The number of fused-ring (bicyclic) bond motifs is 12. The van der Waals surface area contributed by atoms with Gasteiger partial charge in [-0.2, -0.15) is 0 Å². The van der Waals surface area contributed by atoms with Crippen LogP contribution in [0.25, 0.3) is 49.7 Å². The molecule has 0 spiro atoms. The van der Waals surface area contributed by atoms with Gasteiger partial charge in [0.15, 0.2) is 0 Å². The van der Waals surface area contributed by atoms with Gasteiger partial charge in [-0.3, -0.25) is 14.4 Å². The average molecular weight is 358 g/mol. The molecule has 0 saturated heterocycles. The molecule has 0 atom stereocenters. The summed E-state index contributed by atoms with van der Waals surface area (Å²) in [6.45, 7) is 0. The fourth-order valence-corrected chi connectivity index (χ4v) is 4.72. The molecule has 4 nitrogen and oxygen atoms in total. The molecule has 4 aromatic heterocycles. The normalized spacial score (nSPS) is 12.9. The Hall–Kier alpha value is -3.79. The Morgan fingerprint density at radius 1 is 0.679 bits per heavy atom. The Bertz CT molecular complexity index is 1590. The highest BCUT2D eigenvalue weighted by atomic mass is 15.0. The first-order valence-electron chi connectivity index (χ1n) is 9.44. The molecule has 4 heteroatoms. The molecule has 0 radical (unpaired) electrons. The third-order valence-corrected chi connectivity index (χ3v) is 5.91. The summed E-state index contributed by atoms with van der Waals surface area (Å²) in [5.74, 6) is 0.